The van der Waals surface area contributed by atoms with Crippen LogP contribution in [0.15, 0.2) is 22.8 Å². The molecular weight excluding hydrogens is 368 g/mol. The van der Waals surface area contributed by atoms with Crippen molar-refractivity contribution < 1.29 is 4.79 Å². The molecule has 0 unspecified atom stereocenters. The minimum atomic E-state index is 0. The van der Waals surface area contributed by atoms with Gasteiger partial charge in [0.25, 0.3) is 0 Å². The Bertz CT molecular complexity index is 505. The molecule has 2 saturated heterocycles. The first-order valence-corrected chi connectivity index (χ1v) is 8.30. The molecule has 0 aliphatic carbocycles. The third-order valence-electron chi connectivity index (χ3n) is 4.46. The summed E-state index contributed by atoms with van der Waals surface area (Å²) in [7, 11) is 0. The molecule has 122 valence electrons. The fraction of sp³-hybridized carbons (Fsp3) is 0.600. The van der Waals surface area contributed by atoms with E-state index in [1.807, 2.05) is 23.2 Å². The largest absolute Gasteiger partial charge is 0.353 e. The molecule has 2 aliphatic rings. The van der Waals surface area contributed by atoms with Crippen LogP contribution in [0, 0.1) is 11.8 Å². The van der Waals surface area contributed by atoms with Gasteiger partial charge in [-0.05, 0) is 40.5 Å². The van der Waals surface area contributed by atoms with E-state index >= 15 is 0 Å². The number of hydrogen-bond donors (Lipinski definition) is 1. The Kier molecular flexibility index (Phi) is 6.06. The molecular formula is C15H22BrClN4O. The van der Waals surface area contributed by atoms with Gasteiger partial charge in [-0.3, -0.25) is 4.79 Å². The molecule has 3 heterocycles. The second-order valence-electron chi connectivity index (χ2n) is 5.89. The number of aromatic nitrogens is 1. The minimum Gasteiger partial charge on any atom is -0.353 e. The van der Waals surface area contributed by atoms with Crippen LogP contribution >= 0.6 is 28.3 Å². The minimum absolute atomic E-state index is 0. The molecule has 2 aliphatic heterocycles. The van der Waals surface area contributed by atoms with Crippen molar-refractivity contribution in [1.29, 1.82) is 0 Å². The summed E-state index contributed by atoms with van der Waals surface area (Å²) in [5.41, 5.74) is 0. The molecule has 1 amide bonds. The molecule has 1 N–H and O–H groups in total. The second-order valence-corrected chi connectivity index (χ2v) is 6.80. The number of amides is 1. The van der Waals surface area contributed by atoms with E-state index in [9.17, 15) is 4.79 Å². The molecule has 22 heavy (non-hydrogen) atoms. The van der Waals surface area contributed by atoms with Gasteiger partial charge in [-0.2, -0.15) is 0 Å². The number of halogens is 2. The molecule has 5 nitrogen and oxygen atoms in total. The van der Waals surface area contributed by atoms with Crippen molar-refractivity contribution in [3.63, 3.8) is 0 Å². The van der Waals surface area contributed by atoms with Gasteiger partial charge >= 0.3 is 0 Å². The van der Waals surface area contributed by atoms with Gasteiger partial charge in [0.15, 0.2) is 0 Å². The second kappa shape index (κ2) is 7.62. The van der Waals surface area contributed by atoms with Crippen LogP contribution in [0.1, 0.15) is 6.92 Å². The molecule has 3 rings (SSSR count). The van der Waals surface area contributed by atoms with E-state index in [0.29, 0.717) is 11.8 Å². The van der Waals surface area contributed by atoms with Gasteiger partial charge in [0.05, 0.1) is 5.92 Å². The zero-order valence-corrected chi connectivity index (χ0v) is 15.1. The van der Waals surface area contributed by atoms with Crippen LogP contribution < -0.4 is 10.2 Å². The van der Waals surface area contributed by atoms with Crippen molar-refractivity contribution in [2.45, 2.75) is 6.92 Å². The Morgan fingerprint density at radius 2 is 2.00 bits per heavy atom. The normalized spacial score (nSPS) is 25.0. The first kappa shape index (κ1) is 17.5. The quantitative estimate of drug-likeness (QED) is 0.837. The standard InChI is InChI=1S/C15H21BrN4O.ClH/c1-11-8-17-10-13(11)15(21)20-6-4-19(5-7-20)14-3-2-12(16)9-18-14;/h2-3,9,11,13,17H,4-8,10H2,1H3;1H/t11-,13-;/m1./s1. The monoisotopic (exact) mass is 388 g/mol. The van der Waals surface area contributed by atoms with E-state index < -0.39 is 0 Å². The van der Waals surface area contributed by atoms with Gasteiger partial charge in [-0.1, -0.05) is 6.92 Å². The number of rotatable bonds is 2. The lowest BCUT2D eigenvalue weighted by molar-refractivity contribution is -0.136. The molecule has 0 bridgehead atoms. The number of anilines is 1. The van der Waals surface area contributed by atoms with Gasteiger partial charge in [0.2, 0.25) is 5.91 Å². The highest BCUT2D eigenvalue weighted by molar-refractivity contribution is 9.10. The maximum absolute atomic E-state index is 12.5. The lowest BCUT2D eigenvalue weighted by Gasteiger charge is -2.37. The SMILES string of the molecule is C[C@@H]1CNC[C@H]1C(=O)N1CCN(c2ccc(Br)cn2)CC1.Cl. The number of carbonyl (C=O) groups excluding carboxylic acids is 1. The number of pyridine rings is 1. The van der Waals surface area contributed by atoms with E-state index in [4.69, 9.17) is 0 Å². The number of carbonyl (C=O) groups is 1. The molecule has 0 saturated carbocycles. The van der Waals surface area contributed by atoms with E-state index in [2.05, 4.69) is 38.1 Å². The Hall–Kier alpha value is -0.850. The zero-order chi connectivity index (χ0) is 14.8. The summed E-state index contributed by atoms with van der Waals surface area (Å²) in [6.07, 6.45) is 1.82. The van der Waals surface area contributed by atoms with Crippen LogP contribution in [0.3, 0.4) is 0 Å². The Labute approximate surface area is 146 Å². The summed E-state index contributed by atoms with van der Waals surface area (Å²) in [4.78, 5) is 21.2. The molecule has 2 atom stereocenters. The fourth-order valence-corrected chi connectivity index (χ4v) is 3.32. The molecule has 1 aromatic heterocycles. The summed E-state index contributed by atoms with van der Waals surface area (Å²) in [5.74, 6) is 1.91. The smallest absolute Gasteiger partial charge is 0.227 e. The van der Waals surface area contributed by atoms with Crippen LogP contribution in [0.25, 0.3) is 0 Å². The number of hydrogen-bond acceptors (Lipinski definition) is 4. The van der Waals surface area contributed by atoms with Gasteiger partial charge in [0.1, 0.15) is 5.82 Å². The van der Waals surface area contributed by atoms with Gasteiger partial charge < -0.3 is 15.1 Å². The van der Waals surface area contributed by atoms with Crippen LogP contribution in [0.4, 0.5) is 5.82 Å². The molecule has 0 aromatic carbocycles. The molecule has 7 heteroatoms. The maximum atomic E-state index is 12.5. The van der Waals surface area contributed by atoms with Crippen molar-refractivity contribution in [1.82, 2.24) is 15.2 Å². The molecule has 2 fully saturated rings. The Balaban J connectivity index is 0.00000176. The van der Waals surface area contributed by atoms with Gasteiger partial charge in [0, 0.05) is 43.4 Å². The van der Waals surface area contributed by atoms with Gasteiger partial charge in [-0.15, -0.1) is 12.4 Å². The number of piperazine rings is 1. The summed E-state index contributed by atoms with van der Waals surface area (Å²) in [6, 6.07) is 4.02. The average molecular weight is 390 g/mol. The van der Waals surface area contributed by atoms with Crippen molar-refractivity contribution in [2.24, 2.45) is 11.8 Å². The van der Waals surface area contributed by atoms with E-state index in [1.54, 1.807) is 0 Å². The third kappa shape index (κ3) is 3.73. The topological polar surface area (TPSA) is 48.5 Å². The predicted octanol–water partition coefficient (Wildman–Crippen LogP) is 1.77. The molecule has 0 radical (unpaired) electrons. The highest BCUT2D eigenvalue weighted by Gasteiger charge is 2.34. The summed E-state index contributed by atoms with van der Waals surface area (Å²) in [5, 5.41) is 3.31. The maximum Gasteiger partial charge on any atom is 0.227 e. The molecule has 1 aromatic rings. The third-order valence-corrected chi connectivity index (χ3v) is 4.93. The van der Waals surface area contributed by atoms with E-state index in [0.717, 1.165) is 49.6 Å². The first-order valence-electron chi connectivity index (χ1n) is 7.51. The van der Waals surface area contributed by atoms with Crippen LogP contribution in [0.2, 0.25) is 0 Å². The Morgan fingerprint density at radius 3 is 2.55 bits per heavy atom. The highest BCUT2D eigenvalue weighted by atomic mass is 79.9. The van der Waals surface area contributed by atoms with E-state index in [-0.39, 0.29) is 18.3 Å². The van der Waals surface area contributed by atoms with Crippen molar-refractivity contribution >= 4 is 40.1 Å². The van der Waals surface area contributed by atoms with Gasteiger partial charge in [-0.25, -0.2) is 4.98 Å². The summed E-state index contributed by atoms with van der Waals surface area (Å²) >= 11 is 3.40. The lowest BCUT2D eigenvalue weighted by atomic mass is 9.96. The van der Waals surface area contributed by atoms with Crippen molar-refractivity contribution in [3.05, 3.63) is 22.8 Å². The highest BCUT2D eigenvalue weighted by Crippen LogP contribution is 2.21. The van der Waals surface area contributed by atoms with Crippen molar-refractivity contribution in [3.8, 4) is 0 Å². The van der Waals surface area contributed by atoms with E-state index in [1.165, 1.54) is 0 Å². The van der Waals surface area contributed by atoms with Crippen LogP contribution in [0.5, 0.6) is 0 Å². The zero-order valence-electron chi connectivity index (χ0n) is 12.7. The average Bonchev–Trinajstić information content (AvgIpc) is 2.94. The first-order chi connectivity index (χ1) is 10.1. The Morgan fingerprint density at radius 1 is 1.27 bits per heavy atom. The summed E-state index contributed by atoms with van der Waals surface area (Å²) < 4.78 is 0.989. The number of nitrogens with zero attached hydrogens (tertiary/aromatic N) is 3. The van der Waals surface area contributed by atoms with Crippen LogP contribution in [-0.4, -0.2) is 55.1 Å². The number of nitrogens with one attached hydrogen (secondary N) is 1. The van der Waals surface area contributed by atoms with Crippen LogP contribution in [-0.2, 0) is 4.79 Å². The lowest BCUT2D eigenvalue weighted by Crippen LogP contribution is -2.51. The fourth-order valence-electron chi connectivity index (χ4n) is 3.09. The molecule has 0 spiro atoms. The van der Waals surface area contributed by atoms with Crippen molar-refractivity contribution in [2.75, 3.05) is 44.2 Å². The summed E-state index contributed by atoms with van der Waals surface area (Å²) in [6.45, 7) is 7.24. The predicted molar refractivity (Wildman–Crippen MR) is 93.5 cm³/mol.